The third-order valence-electron chi connectivity index (χ3n) is 2.21. The van der Waals surface area contributed by atoms with Gasteiger partial charge in [-0.3, -0.25) is 0 Å². The molecule has 1 fully saturated rings. The summed E-state index contributed by atoms with van der Waals surface area (Å²) < 4.78 is 0. The zero-order valence-electron chi connectivity index (χ0n) is 6.34. The second-order valence-electron chi connectivity index (χ2n) is 3.05. The summed E-state index contributed by atoms with van der Waals surface area (Å²) in [6, 6.07) is 2.14. The summed E-state index contributed by atoms with van der Waals surface area (Å²) in [7, 11) is 0. The first-order valence-corrected chi connectivity index (χ1v) is 4.16. The van der Waals surface area contributed by atoms with Crippen molar-refractivity contribution in [2.24, 2.45) is 5.92 Å². The first-order chi connectivity index (χ1) is 4.93. The summed E-state index contributed by atoms with van der Waals surface area (Å²) in [5, 5.41) is 8.40. The van der Waals surface area contributed by atoms with E-state index in [1.165, 1.54) is 38.5 Å². The highest BCUT2D eigenvalue weighted by molar-refractivity contribution is 4.96. The monoisotopic (exact) mass is 136 g/mol. The van der Waals surface area contributed by atoms with Crippen molar-refractivity contribution in [3.63, 3.8) is 0 Å². The number of hydrogen-bond donors (Lipinski definition) is 0. The average molecular weight is 136 g/mol. The molecule has 1 nitrogen and oxygen atoms in total. The van der Waals surface area contributed by atoms with E-state index in [0.29, 0.717) is 5.92 Å². The molecular weight excluding hydrogens is 122 g/mol. The molecule has 1 aliphatic rings. The van der Waals surface area contributed by atoms with Gasteiger partial charge in [0.05, 0.1) is 12.5 Å². The highest BCUT2D eigenvalue weighted by Gasteiger charge is 2.11. The maximum atomic E-state index is 8.40. The molecule has 0 heterocycles. The fourth-order valence-electron chi connectivity index (χ4n) is 1.58. The minimum Gasteiger partial charge on any atom is -0.198 e. The second kappa shape index (κ2) is 4.33. The van der Waals surface area contributed by atoms with Crippen LogP contribution in [0.1, 0.15) is 38.5 Å². The zero-order chi connectivity index (χ0) is 7.23. The molecule has 0 aromatic rings. The van der Waals surface area contributed by atoms with Gasteiger partial charge < -0.3 is 0 Å². The molecule has 1 heteroatoms. The summed E-state index contributed by atoms with van der Waals surface area (Å²) in [5.74, 6) is 0.604. The molecule has 0 unspecified atom stereocenters. The van der Waals surface area contributed by atoms with Gasteiger partial charge in [-0.15, -0.1) is 0 Å². The lowest BCUT2D eigenvalue weighted by molar-refractivity contribution is 0.537. The van der Waals surface area contributed by atoms with E-state index < -0.39 is 0 Å². The molecule has 0 aromatic heterocycles. The van der Waals surface area contributed by atoms with E-state index in [-0.39, 0.29) is 0 Å². The Hall–Kier alpha value is -0.510. The van der Waals surface area contributed by atoms with Gasteiger partial charge in [0.1, 0.15) is 0 Å². The molecule has 1 saturated carbocycles. The number of nitrogens with zero attached hydrogens (tertiary/aromatic N) is 1. The molecule has 55 valence electrons. The lowest BCUT2D eigenvalue weighted by Gasteiger charge is -2.06. The van der Waals surface area contributed by atoms with E-state index >= 15 is 0 Å². The van der Waals surface area contributed by atoms with E-state index in [4.69, 9.17) is 5.26 Å². The van der Waals surface area contributed by atoms with Crippen molar-refractivity contribution in [3.05, 3.63) is 6.42 Å². The Labute approximate surface area is 63.0 Å². The minimum atomic E-state index is 0.604. The standard InChI is InChI=1S/C9H14N/c10-8-7-9-5-3-1-2-4-6-9/h7,9H,1-6H2. The summed E-state index contributed by atoms with van der Waals surface area (Å²) in [5.41, 5.74) is 0. The van der Waals surface area contributed by atoms with E-state index in [1.54, 1.807) is 0 Å². The molecule has 1 radical (unpaired) electrons. The van der Waals surface area contributed by atoms with Gasteiger partial charge in [0.15, 0.2) is 0 Å². The van der Waals surface area contributed by atoms with Crippen LogP contribution in [0.4, 0.5) is 0 Å². The van der Waals surface area contributed by atoms with Crippen LogP contribution in [0.15, 0.2) is 0 Å². The number of nitriles is 1. The Morgan fingerprint density at radius 3 is 2.20 bits per heavy atom. The van der Waals surface area contributed by atoms with Crippen molar-refractivity contribution in [1.82, 2.24) is 0 Å². The van der Waals surface area contributed by atoms with Crippen LogP contribution in [0.5, 0.6) is 0 Å². The minimum absolute atomic E-state index is 0.604. The smallest absolute Gasteiger partial charge is 0.0672 e. The predicted molar refractivity (Wildman–Crippen MR) is 41.1 cm³/mol. The van der Waals surface area contributed by atoms with E-state index in [2.05, 4.69) is 6.07 Å². The fraction of sp³-hybridized carbons (Fsp3) is 0.778. The van der Waals surface area contributed by atoms with Gasteiger partial charge in [-0.2, -0.15) is 5.26 Å². The van der Waals surface area contributed by atoms with Crippen LogP contribution in [-0.4, -0.2) is 0 Å². The van der Waals surface area contributed by atoms with Gasteiger partial charge in [0.2, 0.25) is 0 Å². The lowest BCUT2D eigenvalue weighted by atomic mass is 9.98. The topological polar surface area (TPSA) is 23.8 Å². The van der Waals surface area contributed by atoms with Crippen molar-refractivity contribution < 1.29 is 0 Å². The molecule has 0 amide bonds. The van der Waals surface area contributed by atoms with Crippen molar-refractivity contribution in [1.29, 1.82) is 5.26 Å². The molecule has 0 aliphatic heterocycles. The average Bonchev–Trinajstić information content (AvgIpc) is 2.17. The van der Waals surface area contributed by atoms with Gasteiger partial charge in [-0.1, -0.05) is 25.7 Å². The fourth-order valence-corrected chi connectivity index (χ4v) is 1.58. The normalized spacial score (nSPS) is 21.5. The molecule has 0 spiro atoms. The SMILES string of the molecule is N#C[CH]C1CCCCCC1. The Bertz CT molecular complexity index is 115. The predicted octanol–water partition coefficient (Wildman–Crippen LogP) is 2.68. The van der Waals surface area contributed by atoms with Crippen LogP contribution >= 0.6 is 0 Å². The largest absolute Gasteiger partial charge is 0.198 e. The first kappa shape index (κ1) is 7.60. The summed E-state index contributed by atoms with van der Waals surface area (Å²) in [6.45, 7) is 0. The lowest BCUT2D eigenvalue weighted by Crippen LogP contribution is -1.96. The van der Waals surface area contributed by atoms with Gasteiger partial charge in [-0.05, 0) is 18.8 Å². The molecular formula is C9H14N. The van der Waals surface area contributed by atoms with E-state index in [9.17, 15) is 0 Å². The number of rotatable bonds is 1. The van der Waals surface area contributed by atoms with Crippen molar-refractivity contribution in [3.8, 4) is 6.07 Å². The summed E-state index contributed by atoms with van der Waals surface area (Å²) in [4.78, 5) is 0. The molecule has 1 rings (SSSR count). The maximum Gasteiger partial charge on any atom is 0.0672 e. The van der Waals surface area contributed by atoms with Crippen LogP contribution in [0.3, 0.4) is 0 Å². The number of hydrogen-bond acceptors (Lipinski definition) is 1. The summed E-state index contributed by atoms with van der Waals surface area (Å²) in [6.07, 6.45) is 9.68. The van der Waals surface area contributed by atoms with Crippen LogP contribution in [0.2, 0.25) is 0 Å². The maximum absolute atomic E-state index is 8.40. The Balaban J connectivity index is 2.23. The van der Waals surface area contributed by atoms with Crippen LogP contribution in [0, 0.1) is 23.7 Å². The molecule has 10 heavy (non-hydrogen) atoms. The van der Waals surface area contributed by atoms with E-state index in [0.717, 1.165) is 0 Å². The van der Waals surface area contributed by atoms with Crippen LogP contribution in [0.25, 0.3) is 0 Å². The Morgan fingerprint density at radius 2 is 1.70 bits per heavy atom. The third kappa shape index (κ3) is 2.39. The Kier molecular flexibility index (Phi) is 3.29. The van der Waals surface area contributed by atoms with Crippen LogP contribution in [-0.2, 0) is 0 Å². The van der Waals surface area contributed by atoms with Gasteiger partial charge in [0.25, 0.3) is 0 Å². The molecule has 0 bridgehead atoms. The quantitative estimate of drug-likeness (QED) is 0.508. The van der Waals surface area contributed by atoms with Crippen LogP contribution < -0.4 is 0 Å². The highest BCUT2D eigenvalue weighted by atomic mass is 14.3. The molecule has 1 aliphatic carbocycles. The van der Waals surface area contributed by atoms with Crippen molar-refractivity contribution in [2.75, 3.05) is 0 Å². The molecule has 0 saturated heterocycles. The summed E-state index contributed by atoms with van der Waals surface area (Å²) >= 11 is 0. The zero-order valence-corrected chi connectivity index (χ0v) is 6.34. The Morgan fingerprint density at radius 1 is 1.10 bits per heavy atom. The molecule has 0 aromatic carbocycles. The third-order valence-corrected chi connectivity index (χ3v) is 2.21. The molecule has 0 atom stereocenters. The van der Waals surface area contributed by atoms with Gasteiger partial charge in [-0.25, -0.2) is 0 Å². The second-order valence-corrected chi connectivity index (χ2v) is 3.05. The van der Waals surface area contributed by atoms with Crippen molar-refractivity contribution >= 4 is 0 Å². The van der Waals surface area contributed by atoms with Gasteiger partial charge in [0, 0.05) is 0 Å². The van der Waals surface area contributed by atoms with Crippen molar-refractivity contribution in [2.45, 2.75) is 38.5 Å². The van der Waals surface area contributed by atoms with E-state index in [1.807, 2.05) is 6.42 Å². The first-order valence-electron chi connectivity index (χ1n) is 4.16. The molecule has 0 N–H and O–H groups in total. The van der Waals surface area contributed by atoms with Gasteiger partial charge >= 0.3 is 0 Å². The highest BCUT2D eigenvalue weighted by Crippen LogP contribution is 2.24.